The standard InChI is InChI=1S/C11H17N3/c12-6-11(14)9-4-7-2-1-3-8(7)5-10(9)13/h4-5,11H,1-3,6,12-14H2/t11-/m0/s1. The van der Waals surface area contributed by atoms with Gasteiger partial charge < -0.3 is 17.2 Å². The molecular formula is C11H17N3. The summed E-state index contributed by atoms with van der Waals surface area (Å²) in [6.07, 6.45) is 3.54. The van der Waals surface area contributed by atoms with Gasteiger partial charge in [0.25, 0.3) is 0 Å². The van der Waals surface area contributed by atoms with Crippen LogP contribution in [0.3, 0.4) is 0 Å². The predicted molar refractivity (Wildman–Crippen MR) is 58.9 cm³/mol. The molecule has 14 heavy (non-hydrogen) atoms. The van der Waals surface area contributed by atoms with Gasteiger partial charge in [0, 0.05) is 18.3 Å². The molecule has 0 saturated carbocycles. The van der Waals surface area contributed by atoms with E-state index in [0.717, 1.165) is 24.1 Å². The third-order valence-electron chi connectivity index (χ3n) is 2.95. The maximum absolute atomic E-state index is 5.93. The fourth-order valence-corrected chi connectivity index (χ4v) is 2.11. The highest BCUT2D eigenvalue weighted by molar-refractivity contribution is 5.54. The first-order valence-corrected chi connectivity index (χ1v) is 5.09. The van der Waals surface area contributed by atoms with Crippen LogP contribution in [0.15, 0.2) is 12.1 Å². The highest BCUT2D eigenvalue weighted by atomic mass is 14.7. The Bertz CT molecular complexity index is 347. The maximum atomic E-state index is 5.93. The molecule has 0 unspecified atom stereocenters. The first-order chi connectivity index (χ1) is 6.72. The second kappa shape index (κ2) is 3.59. The number of anilines is 1. The molecule has 0 aromatic heterocycles. The van der Waals surface area contributed by atoms with Crippen molar-refractivity contribution in [1.29, 1.82) is 0 Å². The zero-order valence-corrected chi connectivity index (χ0v) is 8.29. The Morgan fingerprint density at radius 2 is 1.86 bits per heavy atom. The first kappa shape index (κ1) is 9.49. The summed E-state index contributed by atoms with van der Waals surface area (Å²) in [6.45, 7) is 0.447. The van der Waals surface area contributed by atoms with E-state index in [9.17, 15) is 0 Å². The average Bonchev–Trinajstić information content (AvgIpc) is 2.62. The van der Waals surface area contributed by atoms with Crippen LogP contribution in [-0.4, -0.2) is 6.54 Å². The predicted octanol–water partition coefficient (Wildman–Crippen LogP) is 0.716. The Kier molecular flexibility index (Phi) is 2.44. The van der Waals surface area contributed by atoms with Crippen molar-refractivity contribution in [1.82, 2.24) is 0 Å². The molecule has 1 aromatic rings. The molecule has 1 aromatic carbocycles. The van der Waals surface area contributed by atoms with Crippen LogP contribution in [0.1, 0.15) is 29.2 Å². The minimum Gasteiger partial charge on any atom is -0.398 e. The van der Waals surface area contributed by atoms with Gasteiger partial charge in [-0.3, -0.25) is 0 Å². The molecule has 0 bridgehead atoms. The molecule has 1 aliphatic carbocycles. The van der Waals surface area contributed by atoms with Crippen LogP contribution in [-0.2, 0) is 12.8 Å². The molecule has 0 heterocycles. The zero-order valence-electron chi connectivity index (χ0n) is 8.29. The average molecular weight is 191 g/mol. The quantitative estimate of drug-likeness (QED) is 0.603. The van der Waals surface area contributed by atoms with Crippen molar-refractivity contribution in [3.63, 3.8) is 0 Å². The van der Waals surface area contributed by atoms with E-state index in [1.165, 1.54) is 17.5 Å². The van der Waals surface area contributed by atoms with E-state index in [4.69, 9.17) is 17.2 Å². The molecule has 1 atom stereocenters. The summed E-state index contributed by atoms with van der Waals surface area (Å²) in [6, 6.07) is 4.07. The van der Waals surface area contributed by atoms with Crippen LogP contribution < -0.4 is 17.2 Å². The third-order valence-corrected chi connectivity index (χ3v) is 2.95. The lowest BCUT2D eigenvalue weighted by molar-refractivity contribution is 0.738. The highest BCUT2D eigenvalue weighted by Crippen LogP contribution is 2.29. The van der Waals surface area contributed by atoms with E-state index in [1.54, 1.807) is 0 Å². The number of nitrogens with two attached hydrogens (primary N) is 3. The fraction of sp³-hybridized carbons (Fsp3) is 0.455. The van der Waals surface area contributed by atoms with Gasteiger partial charge in [0.05, 0.1) is 0 Å². The second-order valence-electron chi connectivity index (χ2n) is 3.95. The van der Waals surface area contributed by atoms with E-state index >= 15 is 0 Å². The summed E-state index contributed by atoms with van der Waals surface area (Å²) in [5.74, 6) is 0. The van der Waals surface area contributed by atoms with Crippen molar-refractivity contribution < 1.29 is 0 Å². The van der Waals surface area contributed by atoms with Gasteiger partial charge in [0.2, 0.25) is 0 Å². The van der Waals surface area contributed by atoms with Gasteiger partial charge in [0.1, 0.15) is 0 Å². The normalized spacial score (nSPS) is 16.7. The molecule has 3 nitrogen and oxygen atoms in total. The summed E-state index contributed by atoms with van der Waals surface area (Å²) in [5.41, 5.74) is 21.9. The lowest BCUT2D eigenvalue weighted by atomic mass is 9.99. The van der Waals surface area contributed by atoms with Crippen molar-refractivity contribution in [3.05, 3.63) is 28.8 Å². The number of aryl methyl sites for hydroxylation is 2. The molecule has 0 fully saturated rings. The second-order valence-corrected chi connectivity index (χ2v) is 3.95. The number of benzene rings is 1. The summed E-state index contributed by atoms with van der Waals surface area (Å²) in [5, 5.41) is 0. The van der Waals surface area contributed by atoms with Gasteiger partial charge in [-0.2, -0.15) is 0 Å². The van der Waals surface area contributed by atoms with E-state index in [-0.39, 0.29) is 6.04 Å². The summed E-state index contributed by atoms with van der Waals surface area (Å²) >= 11 is 0. The Balaban J connectivity index is 2.42. The lowest BCUT2D eigenvalue weighted by Crippen LogP contribution is -2.22. The minimum atomic E-state index is -0.124. The molecule has 0 spiro atoms. The monoisotopic (exact) mass is 191 g/mol. The van der Waals surface area contributed by atoms with Crippen molar-refractivity contribution in [2.75, 3.05) is 12.3 Å². The smallest absolute Gasteiger partial charge is 0.0440 e. The summed E-state index contributed by atoms with van der Waals surface area (Å²) in [7, 11) is 0. The Morgan fingerprint density at radius 1 is 1.21 bits per heavy atom. The number of fused-ring (bicyclic) bond motifs is 1. The van der Waals surface area contributed by atoms with Crippen LogP contribution in [0.4, 0.5) is 5.69 Å². The first-order valence-electron chi connectivity index (χ1n) is 5.09. The fourth-order valence-electron chi connectivity index (χ4n) is 2.11. The van der Waals surface area contributed by atoms with Crippen LogP contribution >= 0.6 is 0 Å². The van der Waals surface area contributed by atoms with Gasteiger partial charge in [0.15, 0.2) is 0 Å². The van der Waals surface area contributed by atoms with Crippen LogP contribution in [0.5, 0.6) is 0 Å². The highest BCUT2D eigenvalue weighted by Gasteiger charge is 2.15. The van der Waals surface area contributed by atoms with E-state index in [2.05, 4.69) is 12.1 Å². The molecule has 0 radical (unpaired) electrons. The van der Waals surface area contributed by atoms with Gasteiger partial charge >= 0.3 is 0 Å². The van der Waals surface area contributed by atoms with Crippen molar-refractivity contribution in [3.8, 4) is 0 Å². The molecule has 0 saturated heterocycles. The van der Waals surface area contributed by atoms with Crippen molar-refractivity contribution >= 4 is 5.69 Å². The number of hydrogen-bond acceptors (Lipinski definition) is 3. The Hall–Kier alpha value is -1.06. The lowest BCUT2D eigenvalue weighted by Gasteiger charge is -2.14. The summed E-state index contributed by atoms with van der Waals surface area (Å²) in [4.78, 5) is 0. The molecule has 6 N–H and O–H groups in total. The molecular weight excluding hydrogens is 174 g/mol. The van der Waals surface area contributed by atoms with Crippen LogP contribution in [0.2, 0.25) is 0 Å². The third kappa shape index (κ3) is 1.49. The van der Waals surface area contributed by atoms with E-state index in [0.29, 0.717) is 6.54 Å². The molecule has 0 amide bonds. The Labute approximate surface area is 84.3 Å². The van der Waals surface area contributed by atoms with Crippen molar-refractivity contribution in [2.45, 2.75) is 25.3 Å². The molecule has 2 rings (SSSR count). The van der Waals surface area contributed by atoms with Crippen LogP contribution in [0, 0.1) is 0 Å². The van der Waals surface area contributed by atoms with Gasteiger partial charge in [-0.1, -0.05) is 6.07 Å². The molecule has 3 heteroatoms. The van der Waals surface area contributed by atoms with Gasteiger partial charge in [-0.05, 0) is 42.0 Å². The minimum absolute atomic E-state index is 0.124. The molecule has 76 valence electrons. The van der Waals surface area contributed by atoms with Gasteiger partial charge in [-0.25, -0.2) is 0 Å². The largest absolute Gasteiger partial charge is 0.398 e. The topological polar surface area (TPSA) is 78.1 Å². The molecule has 1 aliphatic rings. The number of rotatable bonds is 2. The van der Waals surface area contributed by atoms with Gasteiger partial charge in [-0.15, -0.1) is 0 Å². The van der Waals surface area contributed by atoms with E-state index < -0.39 is 0 Å². The SMILES string of the molecule is NC[C@H](N)c1cc2c(cc1N)CCC2. The number of nitrogen functional groups attached to an aromatic ring is 1. The Morgan fingerprint density at radius 3 is 2.50 bits per heavy atom. The van der Waals surface area contributed by atoms with Crippen molar-refractivity contribution in [2.24, 2.45) is 11.5 Å². The van der Waals surface area contributed by atoms with E-state index in [1.807, 2.05) is 0 Å². The maximum Gasteiger partial charge on any atom is 0.0440 e. The summed E-state index contributed by atoms with van der Waals surface area (Å²) < 4.78 is 0. The number of hydrogen-bond donors (Lipinski definition) is 3. The zero-order chi connectivity index (χ0) is 10.1. The van der Waals surface area contributed by atoms with Crippen LogP contribution in [0.25, 0.3) is 0 Å². The molecule has 0 aliphatic heterocycles.